The van der Waals surface area contributed by atoms with Crippen LogP contribution < -0.4 is 9.64 Å². The molecular weight excluding hydrogens is 453 g/mol. The molecule has 1 saturated heterocycles. The summed E-state index contributed by atoms with van der Waals surface area (Å²) in [6.45, 7) is 8.95. The molecule has 0 unspecified atom stereocenters. The molecule has 0 atom stereocenters. The molecule has 0 N–H and O–H groups in total. The van der Waals surface area contributed by atoms with Gasteiger partial charge in [-0.05, 0) is 29.8 Å². The molecule has 0 saturated carbocycles. The van der Waals surface area contributed by atoms with E-state index in [9.17, 15) is 0 Å². The van der Waals surface area contributed by atoms with Crippen LogP contribution in [0.25, 0.3) is 0 Å². The Balaban J connectivity index is 0.000000362. The van der Waals surface area contributed by atoms with Crippen molar-refractivity contribution in [2.45, 2.75) is 20.4 Å². The van der Waals surface area contributed by atoms with Crippen LogP contribution in [0.4, 0.5) is 5.69 Å². The Kier molecular flexibility index (Phi) is 12.2. The van der Waals surface area contributed by atoms with Crippen molar-refractivity contribution in [3.63, 3.8) is 0 Å². The summed E-state index contributed by atoms with van der Waals surface area (Å²) in [5.41, 5.74) is 2.38. The van der Waals surface area contributed by atoms with Crippen molar-refractivity contribution in [3.8, 4) is 11.8 Å². The summed E-state index contributed by atoms with van der Waals surface area (Å²) in [4.78, 5) is 4.77. The van der Waals surface area contributed by atoms with Crippen LogP contribution in [0.15, 0.2) is 78.9 Å². The standard InChI is InChI=1S/C19H20ClN3O.C6H5Cl.C2H6/c20-18-14-17(24-13-8-21)6-7-19(18)23-11-9-22(10-12-23)15-16-4-2-1-3-5-16;7-6-4-2-1-3-5-6;1-2/h1-7,14H,9-13,15H2;1-5H;1-2H3. The van der Waals surface area contributed by atoms with Gasteiger partial charge in [0.1, 0.15) is 11.8 Å². The Morgan fingerprint density at radius 1 is 0.848 bits per heavy atom. The van der Waals surface area contributed by atoms with Crippen molar-refractivity contribution in [2.75, 3.05) is 37.7 Å². The second-order valence-corrected chi connectivity index (χ2v) is 7.95. The molecule has 1 heterocycles. The molecule has 4 nitrogen and oxygen atoms in total. The number of benzene rings is 3. The van der Waals surface area contributed by atoms with Crippen molar-refractivity contribution in [3.05, 3.63) is 94.5 Å². The minimum atomic E-state index is 0.0356. The first-order valence-electron chi connectivity index (χ1n) is 11.2. The minimum absolute atomic E-state index is 0.0356. The van der Waals surface area contributed by atoms with E-state index in [1.807, 2.05) is 68.4 Å². The van der Waals surface area contributed by atoms with Gasteiger partial charge in [0.2, 0.25) is 0 Å². The first kappa shape index (κ1) is 26.5. The predicted molar refractivity (Wildman–Crippen MR) is 139 cm³/mol. The highest BCUT2D eigenvalue weighted by atomic mass is 35.5. The summed E-state index contributed by atoms with van der Waals surface area (Å²) in [6, 6.07) is 27.6. The highest BCUT2D eigenvalue weighted by molar-refractivity contribution is 6.33. The molecule has 0 aliphatic carbocycles. The van der Waals surface area contributed by atoms with Gasteiger partial charge in [-0.3, -0.25) is 4.90 Å². The summed E-state index contributed by atoms with van der Waals surface area (Å²) in [5.74, 6) is 0.632. The molecule has 0 aromatic heterocycles. The van der Waals surface area contributed by atoms with Gasteiger partial charge in [0.25, 0.3) is 0 Å². The van der Waals surface area contributed by atoms with Crippen molar-refractivity contribution < 1.29 is 4.74 Å². The van der Waals surface area contributed by atoms with Gasteiger partial charge in [-0.25, -0.2) is 0 Å². The molecule has 0 spiro atoms. The van der Waals surface area contributed by atoms with E-state index >= 15 is 0 Å². The van der Waals surface area contributed by atoms with Crippen LogP contribution >= 0.6 is 23.2 Å². The van der Waals surface area contributed by atoms with Crippen LogP contribution in [-0.2, 0) is 6.54 Å². The van der Waals surface area contributed by atoms with Crippen LogP contribution in [0.1, 0.15) is 19.4 Å². The molecule has 3 aromatic rings. The zero-order chi connectivity index (χ0) is 23.9. The number of anilines is 1. The Morgan fingerprint density at radius 3 is 1.97 bits per heavy atom. The fourth-order valence-electron chi connectivity index (χ4n) is 3.35. The van der Waals surface area contributed by atoms with E-state index in [0.717, 1.165) is 43.4 Å². The van der Waals surface area contributed by atoms with Gasteiger partial charge in [-0.15, -0.1) is 0 Å². The van der Waals surface area contributed by atoms with E-state index in [4.69, 9.17) is 33.2 Å². The lowest BCUT2D eigenvalue weighted by atomic mass is 10.2. The van der Waals surface area contributed by atoms with E-state index in [2.05, 4.69) is 34.1 Å². The number of nitriles is 1. The summed E-state index contributed by atoms with van der Waals surface area (Å²) in [5, 5.41) is 10.0. The molecule has 4 rings (SSSR count). The van der Waals surface area contributed by atoms with Gasteiger partial charge in [0.15, 0.2) is 6.61 Å². The normalized spacial score (nSPS) is 13.0. The Bertz CT molecular complexity index is 970. The fourth-order valence-corrected chi connectivity index (χ4v) is 3.79. The van der Waals surface area contributed by atoms with Crippen molar-refractivity contribution in [1.29, 1.82) is 5.26 Å². The highest BCUT2D eigenvalue weighted by Crippen LogP contribution is 2.30. The average molecular weight is 484 g/mol. The first-order chi connectivity index (χ1) is 16.2. The molecule has 6 heteroatoms. The average Bonchev–Trinajstić information content (AvgIpc) is 2.86. The lowest BCUT2D eigenvalue weighted by Crippen LogP contribution is -2.46. The third kappa shape index (κ3) is 9.35. The van der Waals surface area contributed by atoms with Gasteiger partial charge in [0.05, 0.1) is 10.7 Å². The maximum Gasteiger partial charge on any atom is 0.174 e. The van der Waals surface area contributed by atoms with Gasteiger partial charge in [-0.2, -0.15) is 5.26 Å². The third-order valence-electron chi connectivity index (χ3n) is 4.92. The number of hydrogen-bond acceptors (Lipinski definition) is 4. The number of ether oxygens (including phenoxy) is 1. The lowest BCUT2D eigenvalue weighted by Gasteiger charge is -2.36. The third-order valence-corrected chi connectivity index (χ3v) is 5.47. The number of halogens is 2. The van der Waals surface area contributed by atoms with E-state index in [0.29, 0.717) is 10.8 Å². The molecule has 1 aliphatic rings. The largest absolute Gasteiger partial charge is 0.479 e. The second-order valence-electron chi connectivity index (χ2n) is 7.10. The van der Waals surface area contributed by atoms with Crippen LogP contribution in [0.2, 0.25) is 10.0 Å². The van der Waals surface area contributed by atoms with Gasteiger partial charge in [0, 0.05) is 43.8 Å². The first-order valence-corrected chi connectivity index (χ1v) is 11.9. The molecule has 33 heavy (non-hydrogen) atoms. The monoisotopic (exact) mass is 483 g/mol. The number of piperazine rings is 1. The Labute approximate surface area is 207 Å². The van der Waals surface area contributed by atoms with Crippen molar-refractivity contribution in [1.82, 2.24) is 4.90 Å². The molecule has 3 aromatic carbocycles. The molecule has 1 fully saturated rings. The quantitative estimate of drug-likeness (QED) is 0.394. The van der Waals surface area contributed by atoms with E-state index in [1.165, 1.54) is 5.56 Å². The molecular formula is C27H31Cl2N3O. The number of rotatable bonds is 5. The molecule has 0 bridgehead atoms. The van der Waals surface area contributed by atoms with Crippen molar-refractivity contribution in [2.24, 2.45) is 0 Å². The summed E-state index contributed by atoms with van der Waals surface area (Å²) >= 11 is 11.9. The summed E-state index contributed by atoms with van der Waals surface area (Å²) in [6.07, 6.45) is 0. The minimum Gasteiger partial charge on any atom is -0.479 e. The second kappa shape index (κ2) is 15.2. The zero-order valence-electron chi connectivity index (χ0n) is 19.3. The highest BCUT2D eigenvalue weighted by Gasteiger charge is 2.19. The maximum absolute atomic E-state index is 8.57. The topological polar surface area (TPSA) is 39.5 Å². The lowest BCUT2D eigenvalue weighted by molar-refractivity contribution is 0.250. The molecule has 1 aliphatic heterocycles. The molecule has 0 radical (unpaired) electrons. The summed E-state index contributed by atoms with van der Waals surface area (Å²) in [7, 11) is 0. The van der Waals surface area contributed by atoms with E-state index in [-0.39, 0.29) is 6.61 Å². The van der Waals surface area contributed by atoms with Crippen LogP contribution in [0, 0.1) is 11.3 Å². The van der Waals surface area contributed by atoms with Crippen molar-refractivity contribution >= 4 is 28.9 Å². The van der Waals surface area contributed by atoms with Crippen LogP contribution in [0.3, 0.4) is 0 Å². The maximum atomic E-state index is 8.57. The SMILES string of the molecule is CC.Clc1ccccc1.N#CCOc1ccc(N2CCN(Cc3ccccc3)CC2)c(Cl)c1. The molecule has 174 valence electrons. The smallest absolute Gasteiger partial charge is 0.174 e. The molecule has 0 amide bonds. The Morgan fingerprint density at radius 2 is 1.45 bits per heavy atom. The van der Waals surface area contributed by atoms with Crippen LogP contribution in [-0.4, -0.2) is 37.7 Å². The van der Waals surface area contributed by atoms with Gasteiger partial charge >= 0.3 is 0 Å². The predicted octanol–water partition coefficient (Wildman–Crippen LogP) is 6.93. The Hall–Kier alpha value is -2.71. The van der Waals surface area contributed by atoms with Gasteiger partial charge < -0.3 is 9.64 Å². The van der Waals surface area contributed by atoms with E-state index < -0.39 is 0 Å². The number of nitrogens with zero attached hydrogens (tertiary/aromatic N) is 3. The van der Waals surface area contributed by atoms with Gasteiger partial charge in [-0.1, -0.05) is 85.6 Å². The zero-order valence-corrected chi connectivity index (χ0v) is 20.8. The summed E-state index contributed by atoms with van der Waals surface area (Å²) < 4.78 is 5.29. The number of hydrogen-bond donors (Lipinski definition) is 0. The van der Waals surface area contributed by atoms with Crippen LogP contribution in [0.5, 0.6) is 5.75 Å². The fraction of sp³-hybridized carbons (Fsp3) is 0.296. The van der Waals surface area contributed by atoms with E-state index in [1.54, 1.807) is 6.07 Å².